The number of hydrogen-bond acceptors (Lipinski definition) is 4. The number of amides is 2. The minimum absolute atomic E-state index is 0.206. The lowest BCUT2D eigenvalue weighted by atomic mass is 10.1. The van der Waals surface area contributed by atoms with Gasteiger partial charge in [-0.05, 0) is 50.2 Å². The van der Waals surface area contributed by atoms with Gasteiger partial charge >= 0.3 is 0 Å². The van der Waals surface area contributed by atoms with E-state index in [9.17, 15) is 9.59 Å². The van der Waals surface area contributed by atoms with E-state index in [1.807, 2.05) is 25.2 Å². The largest absolute Gasteiger partial charge is 0.372 e. The van der Waals surface area contributed by atoms with Gasteiger partial charge in [0.05, 0.1) is 5.69 Å². The number of primary amides is 1. The molecule has 1 aromatic rings. The Morgan fingerprint density at radius 2 is 2.07 bits per heavy atom. The molecule has 3 rings (SSSR count). The first-order valence-corrected chi connectivity index (χ1v) is 11.5. The molecule has 1 aliphatic heterocycles. The number of anilines is 1. The van der Waals surface area contributed by atoms with Crippen molar-refractivity contribution < 1.29 is 14.3 Å². The van der Waals surface area contributed by atoms with Crippen LogP contribution < -0.4 is 10.6 Å². The Morgan fingerprint density at radius 3 is 2.76 bits per heavy atom. The van der Waals surface area contributed by atoms with Gasteiger partial charge in [-0.1, -0.05) is 37.1 Å². The molecule has 6 heteroatoms. The van der Waals surface area contributed by atoms with Crippen molar-refractivity contribution in [1.82, 2.24) is 0 Å². The van der Waals surface area contributed by atoms with Gasteiger partial charge in [0.15, 0.2) is 0 Å². The number of nitrogens with zero attached hydrogens (tertiary/aromatic N) is 1. The number of fused-ring (bicyclic) bond motifs is 1. The molecular formula is C23H34N2O3S. The summed E-state index contributed by atoms with van der Waals surface area (Å²) >= 11 is 1.75. The van der Waals surface area contributed by atoms with E-state index in [0.717, 1.165) is 36.6 Å². The third-order valence-electron chi connectivity index (χ3n) is 5.42. The Labute approximate surface area is 179 Å². The van der Waals surface area contributed by atoms with Crippen molar-refractivity contribution in [3.8, 4) is 0 Å². The number of thioether (sulfide) groups is 1. The van der Waals surface area contributed by atoms with E-state index < -0.39 is 6.10 Å². The van der Waals surface area contributed by atoms with E-state index in [1.54, 1.807) is 16.7 Å². The van der Waals surface area contributed by atoms with Crippen molar-refractivity contribution >= 4 is 29.3 Å². The molecule has 1 aromatic carbocycles. The first-order valence-electron chi connectivity index (χ1n) is 10.5. The molecule has 0 aromatic heterocycles. The zero-order valence-electron chi connectivity index (χ0n) is 17.6. The maximum Gasteiger partial charge on any atom is 0.246 e. The molecule has 2 amide bonds. The summed E-state index contributed by atoms with van der Waals surface area (Å²) in [4.78, 5) is 25.3. The molecule has 1 heterocycles. The van der Waals surface area contributed by atoms with Gasteiger partial charge in [0, 0.05) is 31.2 Å². The zero-order valence-corrected chi connectivity index (χ0v) is 18.5. The van der Waals surface area contributed by atoms with E-state index in [2.05, 4.69) is 18.2 Å². The average molecular weight is 419 g/mol. The van der Waals surface area contributed by atoms with Gasteiger partial charge in [-0.2, -0.15) is 0 Å². The van der Waals surface area contributed by atoms with Crippen LogP contribution in [0, 0.1) is 5.92 Å². The summed E-state index contributed by atoms with van der Waals surface area (Å²) in [6, 6.07) is 8.03. The second-order valence-corrected chi connectivity index (χ2v) is 8.69. The van der Waals surface area contributed by atoms with E-state index >= 15 is 0 Å². The summed E-state index contributed by atoms with van der Waals surface area (Å²) in [6.45, 7) is 0. The molecule has 2 aliphatic rings. The lowest BCUT2D eigenvalue weighted by Crippen LogP contribution is -2.29. The molecule has 29 heavy (non-hydrogen) atoms. The van der Waals surface area contributed by atoms with Crippen molar-refractivity contribution in [3.63, 3.8) is 0 Å². The van der Waals surface area contributed by atoms with Gasteiger partial charge in [0.25, 0.3) is 0 Å². The quantitative estimate of drug-likeness (QED) is 0.521. The molecule has 0 spiro atoms. The summed E-state index contributed by atoms with van der Waals surface area (Å²) in [5, 5.41) is 0. The van der Waals surface area contributed by atoms with E-state index in [0.29, 0.717) is 6.42 Å². The first kappa shape index (κ1) is 23.5. The van der Waals surface area contributed by atoms with Crippen LogP contribution in [0.15, 0.2) is 41.3 Å². The second kappa shape index (κ2) is 12.7. The van der Waals surface area contributed by atoms with Gasteiger partial charge in [0.1, 0.15) is 6.10 Å². The highest BCUT2D eigenvalue weighted by atomic mass is 32.2. The number of ether oxygens (including phenoxy) is 1. The van der Waals surface area contributed by atoms with Gasteiger partial charge in [0.2, 0.25) is 11.8 Å². The summed E-state index contributed by atoms with van der Waals surface area (Å²) < 4.78 is 4.99. The minimum Gasteiger partial charge on any atom is -0.372 e. The summed E-state index contributed by atoms with van der Waals surface area (Å²) in [5.74, 6) is 1.54. The van der Waals surface area contributed by atoms with Gasteiger partial charge in [-0.25, -0.2) is 0 Å². The summed E-state index contributed by atoms with van der Waals surface area (Å²) in [5.41, 5.74) is 6.22. The van der Waals surface area contributed by atoms with Crippen LogP contribution in [0.3, 0.4) is 0 Å². The molecule has 0 radical (unpaired) electrons. The number of allylic oxidation sites excluding steroid dienone is 2. The van der Waals surface area contributed by atoms with Crippen LogP contribution in [-0.4, -0.2) is 37.8 Å². The average Bonchev–Trinajstić information content (AvgIpc) is 3.19. The molecular weight excluding hydrogens is 384 g/mol. The summed E-state index contributed by atoms with van der Waals surface area (Å²) in [6.07, 6.45) is 12.9. The highest BCUT2D eigenvalue weighted by Crippen LogP contribution is 2.32. The number of rotatable bonds is 7. The van der Waals surface area contributed by atoms with E-state index in [4.69, 9.17) is 10.5 Å². The lowest BCUT2D eigenvalue weighted by molar-refractivity contribution is -0.128. The maximum atomic E-state index is 11.5. The Bertz CT molecular complexity index is 686. The number of hydrogen-bond donors (Lipinski definition) is 1. The van der Waals surface area contributed by atoms with Crippen LogP contribution in [0.4, 0.5) is 5.69 Å². The predicted molar refractivity (Wildman–Crippen MR) is 120 cm³/mol. The fourth-order valence-electron chi connectivity index (χ4n) is 3.64. The Hall–Kier alpha value is -1.79. The predicted octanol–water partition coefficient (Wildman–Crippen LogP) is 4.55. The topological polar surface area (TPSA) is 72.6 Å². The third kappa shape index (κ3) is 7.86. The molecule has 1 saturated carbocycles. The smallest absolute Gasteiger partial charge is 0.246 e. The van der Waals surface area contributed by atoms with Crippen LogP contribution in [0.1, 0.15) is 51.4 Å². The standard InChI is InChI=1S/C13H23NO2.C10H11NOS/c1-16-12(13(14)15)10-4-2-3-7-11-8-5-6-9-11;1-11-8-4-2-3-5-9(8)13-7-6-10(11)12/h3,7,11-12H,2,4-6,8-10H2,1H3,(H2,14,15);2-5H,6-7H2,1H3/b7-3+;. The van der Waals surface area contributed by atoms with E-state index in [1.165, 1.54) is 37.7 Å². The first-order chi connectivity index (χ1) is 14.0. The third-order valence-corrected chi connectivity index (χ3v) is 6.49. The number of methoxy groups -OCH3 is 1. The van der Waals surface area contributed by atoms with Crippen LogP contribution in [0.2, 0.25) is 0 Å². The van der Waals surface area contributed by atoms with Crippen LogP contribution in [0.5, 0.6) is 0 Å². The molecule has 0 bridgehead atoms. The molecule has 160 valence electrons. The Kier molecular flexibility index (Phi) is 10.3. The van der Waals surface area contributed by atoms with Crippen molar-refractivity contribution in [3.05, 3.63) is 36.4 Å². The highest BCUT2D eigenvalue weighted by Gasteiger charge is 2.18. The summed E-state index contributed by atoms with van der Waals surface area (Å²) in [7, 11) is 3.37. The number of nitrogens with two attached hydrogens (primary N) is 1. The van der Waals surface area contributed by atoms with E-state index in [-0.39, 0.29) is 11.8 Å². The number of benzene rings is 1. The van der Waals surface area contributed by atoms with Gasteiger partial charge in [-0.15, -0.1) is 11.8 Å². The molecule has 1 fully saturated rings. The molecule has 5 nitrogen and oxygen atoms in total. The highest BCUT2D eigenvalue weighted by molar-refractivity contribution is 7.99. The monoisotopic (exact) mass is 418 g/mol. The van der Waals surface area contributed by atoms with Crippen molar-refractivity contribution in [2.24, 2.45) is 11.7 Å². The van der Waals surface area contributed by atoms with Crippen LogP contribution in [0.25, 0.3) is 0 Å². The molecule has 1 aliphatic carbocycles. The Balaban J connectivity index is 0.000000211. The lowest BCUT2D eigenvalue weighted by Gasteiger charge is -2.16. The van der Waals surface area contributed by atoms with Gasteiger partial charge in [-0.3, -0.25) is 9.59 Å². The Morgan fingerprint density at radius 1 is 1.34 bits per heavy atom. The van der Waals surface area contributed by atoms with Crippen molar-refractivity contribution in [1.29, 1.82) is 0 Å². The fraction of sp³-hybridized carbons (Fsp3) is 0.565. The maximum absolute atomic E-state index is 11.5. The minimum atomic E-state index is -0.417. The fourth-order valence-corrected chi connectivity index (χ4v) is 4.67. The van der Waals surface area contributed by atoms with Crippen LogP contribution in [-0.2, 0) is 14.3 Å². The number of para-hydroxylation sites is 1. The van der Waals surface area contributed by atoms with Crippen molar-refractivity contribution in [2.45, 2.75) is 62.4 Å². The van der Waals surface area contributed by atoms with Gasteiger partial charge < -0.3 is 15.4 Å². The molecule has 0 saturated heterocycles. The molecule has 1 atom stereocenters. The second-order valence-electron chi connectivity index (χ2n) is 7.55. The number of unbranched alkanes of at least 4 members (excludes halogenated alkanes) is 1. The number of carbonyl (C=O) groups is 2. The van der Waals surface area contributed by atoms with Crippen LogP contribution >= 0.6 is 11.8 Å². The molecule has 1 unspecified atom stereocenters. The number of carbonyl (C=O) groups excluding carboxylic acids is 2. The normalized spacial score (nSPS) is 18.1. The SMILES string of the molecule is CN1C(=O)CCSc2ccccc21.COC(CCC/C=C/C1CCCC1)C(N)=O. The zero-order chi connectivity index (χ0) is 21.1. The van der Waals surface area contributed by atoms with Crippen molar-refractivity contribution in [2.75, 3.05) is 24.8 Å². The molecule has 2 N–H and O–H groups in total.